The van der Waals surface area contributed by atoms with Crippen molar-refractivity contribution < 1.29 is 23.1 Å². The van der Waals surface area contributed by atoms with Gasteiger partial charge in [0.05, 0.1) is 28.9 Å². The molecule has 1 amide bonds. The molecule has 2 aromatic carbocycles. The molecule has 2 N–H and O–H groups in total. The number of hydrogen-bond donors (Lipinski definition) is 2. The molecule has 0 aliphatic rings. The van der Waals surface area contributed by atoms with Crippen LogP contribution >= 0.6 is 22.7 Å². The van der Waals surface area contributed by atoms with Gasteiger partial charge in [-0.1, -0.05) is 42.5 Å². The average molecular weight is 464 g/mol. The van der Waals surface area contributed by atoms with Gasteiger partial charge in [0.1, 0.15) is 10.0 Å². The summed E-state index contributed by atoms with van der Waals surface area (Å²) in [6, 6.07) is 15.9. The van der Waals surface area contributed by atoms with E-state index in [-0.39, 0.29) is 6.54 Å². The minimum atomic E-state index is -5.07. The van der Waals surface area contributed by atoms with Crippen molar-refractivity contribution in [2.75, 3.05) is 0 Å². The molecule has 160 valence electrons. The molecule has 1 unspecified atom stereocenters. The zero-order valence-electron chi connectivity index (χ0n) is 15.9. The number of fused-ring (bicyclic) bond motifs is 1. The Balaban J connectivity index is 1.48. The molecule has 0 aliphatic heterocycles. The minimum absolute atomic E-state index is 0.0457. The molecule has 0 bridgehead atoms. The summed E-state index contributed by atoms with van der Waals surface area (Å²) in [4.78, 5) is 20.6. The van der Waals surface area contributed by atoms with E-state index >= 15 is 0 Å². The van der Waals surface area contributed by atoms with E-state index < -0.39 is 29.1 Å². The van der Waals surface area contributed by atoms with Gasteiger partial charge in [-0.25, -0.2) is 9.97 Å². The van der Waals surface area contributed by atoms with Gasteiger partial charge < -0.3 is 10.4 Å². The second kappa shape index (κ2) is 8.37. The highest BCUT2D eigenvalue weighted by molar-refractivity contribution is 7.18. The van der Waals surface area contributed by atoms with Crippen LogP contribution in [0.4, 0.5) is 13.2 Å². The number of rotatable bonds is 6. The third-order valence-electron chi connectivity index (χ3n) is 4.57. The summed E-state index contributed by atoms with van der Waals surface area (Å²) in [5, 5.41) is 14.8. The van der Waals surface area contributed by atoms with Crippen molar-refractivity contribution in [1.29, 1.82) is 0 Å². The van der Waals surface area contributed by atoms with Crippen LogP contribution in [0.25, 0.3) is 20.8 Å². The average Bonchev–Trinajstić information content (AvgIpc) is 3.39. The summed E-state index contributed by atoms with van der Waals surface area (Å²) in [6.45, 7) is -0.0457. The summed E-state index contributed by atoms with van der Waals surface area (Å²) in [6.07, 6.45) is -6.26. The van der Waals surface area contributed by atoms with E-state index in [1.165, 1.54) is 11.3 Å². The van der Waals surface area contributed by atoms with Gasteiger partial charge in [-0.05, 0) is 12.1 Å². The van der Waals surface area contributed by atoms with Crippen LogP contribution in [0.3, 0.4) is 0 Å². The molecule has 0 aliphatic carbocycles. The second-order valence-electron chi connectivity index (χ2n) is 6.81. The maximum Gasteiger partial charge on any atom is 0.424 e. The van der Waals surface area contributed by atoms with Crippen LogP contribution in [0, 0.1) is 0 Å². The highest BCUT2D eigenvalue weighted by Crippen LogP contribution is 2.44. The van der Waals surface area contributed by atoms with Crippen molar-refractivity contribution >= 4 is 38.8 Å². The second-order valence-corrected chi connectivity index (χ2v) is 8.70. The van der Waals surface area contributed by atoms with Crippen molar-refractivity contribution in [1.82, 2.24) is 15.3 Å². The van der Waals surface area contributed by atoms with Gasteiger partial charge in [-0.15, -0.1) is 22.7 Å². The van der Waals surface area contributed by atoms with E-state index in [1.54, 1.807) is 29.6 Å². The number of nitrogens with zero attached hydrogens (tertiary/aromatic N) is 2. The number of aliphatic hydroxyl groups is 1. The van der Waals surface area contributed by atoms with Crippen LogP contribution in [0.1, 0.15) is 17.1 Å². The lowest BCUT2D eigenvalue weighted by molar-refractivity contribution is -0.267. The molecule has 0 radical (unpaired) electrons. The predicted molar refractivity (Wildman–Crippen MR) is 114 cm³/mol. The maximum absolute atomic E-state index is 13.8. The largest absolute Gasteiger partial charge is 0.424 e. The molecule has 5 nitrogen and oxygen atoms in total. The Morgan fingerprint density at radius 3 is 2.45 bits per heavy atom. The lowest BCUT2D eigenvalue weighted by atomic mass is 9.99. The van der Waals surface area contributed by atoms with Gasteiger partial charge in [0.25, 0.3) is 0 Å². The summed E-state index contributed by atoms with van der Waals surface area (Å²) >= 11 is 2.09. The predicted octanol–water partition coefficient (Wildman–Crippen LogP) is 4.88. The van der Waals surface area contributed by atoms with Crippen molar-refractivity contribution in [3.63, 3.8) is 0 Å². The minimum Gasteiger partial charge on any atom is -0.374 e. The first kappa shape index (κ1) is 21.4. The van der Waals surface area contributed by atoms with Gasteiger partial charge in [0.2, 0.25) is 11.5 Å². The normalized spacial score (nSPS) is 13.8. The topological polar surface area (TPSA) is 75.1 Å². The summed E-state index contributed by atoms with van der Waals surface area (Å²) < 4.78 is 41.8. The number of para-hydroxylation sites is 1. The van der Waals surface area contributed by atoms with Crippen LogP contribution in [-0.2, 0) is 16.9 Å². The van der Waals surface area contributed by atoms with Gasteiger partial charge >= 0.3 is 6.18 Å². The van der Waals surface area contributed by atoms with E-state index in [9.17, 15) is 23.1 Å². The lowest BCUT2D eigenvalue weighted by Gasteiger charge is -2.27. The van der Waals surface area contributed by atoms with Crippen LogP contribution in [0.5, 0.6) is 0 Å². The van der Waals surface area contributed by atoms with Gasteiger partial charge in [-0.2, -0.15) is 13.2 Å². The summed E-state index contributed by atoms with van der Waals surface area (Å²) in [5.41, 5.74) is -1.61. The fourth-order valence-electron chi connectivity index (χ4n) is 2.93. The molecule has 4 aromatic rings. The first-order valence-electron chi connectivity index (χ1n) is 9.18. The third kappa shape index (κ3) is 4.46. The zero-order chi connectivity index (χ0) is 22.1. The summed E-state index contributed by atoms with van der Waals surface area (Å²) in [5.74, 6) is -0.951. The Morgan fingerprint density at radius 1 is 1.03 bits per heavy atom. The number of halogens is 3. The number of thiazole rings is 2. The highest BCUT2D eigenvalue weighted by Gasteiger charge is 2.58. The van der Waals surface area contributed by atoms with E-state index in [0.29, 0.717) is 27.2 Å². The van der Waals surface area contributed by atoms with Crippen molar-refractivity contribution in [2.24, 2.45) is 0 Å². The molecule has 0 fully saturated rings. The molecule has 4 rings (SSSR count). The monoisotopic (exact) mass is 463 g/mol. The van der Waals surface area contributed by atoms with Crippen LogP contribution in [0.15, 0.2) is 60.0 Å². The molecule has 10 heteroatoms. The molecule has 2 heterocycles. The third-order valence-corrected chi connectivity index (χ3v) is 6.70. The Morgan fingerprint density at radius 2 is 1.74 bits per heavy atom. The van der Waals surface area contributed by atoms with Gasteiger partial charge in [0.15, 0.2) is 0 Å². The standard InChI is InChI=1S/C21H16F3N3O2S2/c22-21(23,24)20(29,19-27-15-8-4-5-9-16(15)31-19)10-17(28)25-11-14-12-30-18(26-14)13-6-2-1-3-7-13/h1-9,12,29H,10-11H2,(H,25,28). The molecular weight excluding hydrogens is 447 g/mol. The fraction of sp³-hybridized carbons (Fsp3) is 0.190. The maximum atomic E-state index is 13.8. The van der Waals surface area contributed by atoms with Crippen molar-refractivity contribution in [3.8, 4) is 10.6 Å². The van der Waals surface area contributed by atoms with Crippen molar-refractivity contribution in [3.05, 3.63) is 70.7 Å². The smallest absolute Gasteiger partial charge is 0.374 e. The fourth-order valence-corrected chi connectivity index (χ4v) is 4.83. The van der Waals surface area contributed by atoms with Crippen LogP contribution in [-0.4, -0.2) is 27.2 Å². The lowest BCUT2D eigenvalue weighted by Crippen LogP contribution is -2.46. The Bertz CT molecular complexity index is 1170. The Labute approximate surface area is 183 Å². The number of benzene rings is 2. The van der Waals surface area contributed by atoms with E-state index in [0.717, 1.165) is 10.6 Å². The highest BCUT2D eigenvalue weighted by atomic mass is 32.1. The SMILES string of the molecule is O=C(CC(O)(c1nc2ccccc2s1)C(F)(F)F)NCc1csc(-c2ccccc2)n1. The van der Waals surface area contributed by atoms with Gasteiger partial charge in [0, 0.05) is 10.9 Å². The molecule has 31 heavy (non-hydrogen) atoms. The van der Waals surface area contributed by atoms with Crippen molar-refractivity contribution in [2.45, 2.75) is 24.7 Å². The zero-order valence-corrected chi connectivity index (χ0v) is 17.5. The number of carbonyl (C=O) groups is 1. The van der Waals surface area contributed by atoms with Gasteiger partial charge in [-0.3, -0.25) is 4.79 Å². The Kier molecular flexibility index (Phi) is 5.78. The van der Waals surface area contributed by atoms with E-state index in [4.69, 9.17) is 0 Å². The number of hydrogen-bond acceptors (Lipinski definition) is 6. The molecular formula is C21H16F3N3O2S2. The van der Waals surface area contributed by atoms with Crippen LogP contribution < -0.4 is 5.32 Å². The molecule has 1 atom stereocenters. The van der Waals surface area contributed by atoms with Crippen LogP contribution in [0.2, 0.25) is 0 Å². The number of amides is 1. The van der Waals surface area contributed by atoms with E-state index in [2.05, 4.69) is 15.3 Å². The number of carbonyl (C=O) groups excluding carboxylic acids is 1. The number of aromatic nitrogens is 2. The summed E-state index contributed by atoms with van der Waals surface area (Å²) in [7, 11) is 0. The molecule has 0 saturated carbocycles. The first-order valence-corrected chi connectivity index (χ1v) is 10.9. The number of alkyl halides is 3. The molecule has 2 aromatic heterocycles. The molecule has 0 spiro atoms. The number of nitrogens with one attached hydrogen (secondary N) is 1. The quantitative estimate of drug-likeness (QED) is 0.428. The molecule has 0 saturated heterocycles. The first-order chi connectivity index (χ1) is 14.8. The van der Waals surface area contributed by atoms with E-state index in [1.807, 2.05) is 30.3 Å². The Hall–Kier alpha value is -2.82.